The fourth-order valence-corrected chi connectivity index (χ4v) is 2.93. The lowest BCUT2D eigenvalue weighted by Gasteiger charge is -2.06. The molecular formula is C14H16N2OS. The van der Waals surface area contributed by atoms with E-state index in [0.29, 0.717) is 11.4 Å². The lowest BCUT2D eigenvalue weighted by Crippen LogP contribution is -2.04. The van der Waals surface area contributed by atoms with E-state index in [1.54, 1.807) is 12.4 Å². The highest BCUT2D eigenvalue weighted by Crippen LogP contribution is 2.18. The van der Waals surface area contributed by atoms with E-state index >= 15 is 0 Å². The Kier molecular flexibility index (Phi) is 4.10. The van der Waals surface area contributed by atoms with Gasteiger partial charge in [-0.25, -0.2) is 0 Å². The fraction of sp³-hybridized carbons (Fsp3) is 0.214. The van der Waals surface area contributed by atoms with E-state index in [2.05, 4.69) is 4.98 Å². The van der Waals surface area contributed by atoms with Crippen molar-refractivity contribution in [1.29, 1.82) is 0 Å². The van der Waals surface area contributed by atoms with Crippen molar-refractivity contribution < 1.29 is 4.21 Å². The number of pyridine rings is 1. The second kappa shape index (κ2) is 5.78. The topological polar surface area (TPSA) is 56.0 Å². The fourth-order valence-electron chi connectivity index (χ4n) is 1.75. The van der Waals surface area contributed by atoms with Gasteiger partial charge in [0.1, 0.15) is 0 Å². The summed E-state index contributed by atoms with van der Waals surface area (Å²) in [6.07, 6.45) is 4.26. The van der Waals surface area contributed by atoms with Gasteiger partial charge in [-0.05, 0) is 48.7 Å². The molecule has 2 N–H and O–H groups in total. The van der Waals surface area contributed by atoms with Gasteiger partial charge in [0.15, 0.2) is 0 Å². The Labute approximate surface area is 110 Å². The van der Waals surface area contributed by atoms with E-state index in [-0.39, 0.29) is 0 Å². The molecule has 0 aliphatic heterocycles. The summed E-state index contributed by atoms with van der Waals surface area (Å²) < 4.78 is 12.2. The molecule has 0 bridgehead atoms. The van der Waals surface area contributed by atoms with E-state index in [1.165, 1.54) is 0 Å². The summed E-state index contributed by atoms with van der Waals surface area (Å²) in [7, 11) is -1.05. The lowest BCUT2D eigenvalue weighted by atomic mass is 10.2. The Balaban J connectivity index is 2.04. The number of aromatic nitrogens is 1. The first-order valence-corrected chi connectivity index (χ1v) is 7.12. The van der Waals surface area contributed by atoms with Crippen molar-refractivity contribution in [2.75, 3.05) is 11.5 Å². The lowest BCUT2D eigenvalue weighted by molar-refractivity contribution is 0.682. The Morgan fingerprint density at radius 1 is 1.22 bits per heavy atom. The predicted molar refractivity (Wildman–Crippen MR) is 74.8 cm³/mol. The van der Waals surface area contributed by atoms with Gasteiger partial charge in [0, 0.05) is 23.8 Å². The highest BCUT2D eigenvalue weighted by atomic mass is 32.2. The van der Waals surface area contributed by atoms with Gasteiger partial charge in [-0.1, -0.05) is 6.07 Å². The number of nitrogen functional groups attached to an aromatic ring is 1. The maximum atomic E-state index is 12.2. The molecule has 1 heterocycles. The number of hydrogen-bond acceptors (Lipinski definition) is 3. The number of aryl methyl sites for hydroxylation is 2. The second-order valence-corrected chi connectivity index (χ2v) is 5.74. The van der Waals surface area contributed by atoms with Crippen LogP contribution in [-0.2, 0) is 17.2 Å². The average Bonchev–Trinajstić information content (AvgIpc) is 2.37. The minimum Gasteiger partial charge on any atom is -0.398 e. The molecule has 1 aromatic heterocycles. The number of nitrogens with two attached hydrogens (primary N) is 1. The Hall–Kier alpha value is -1.68. The van der Waals surface area contributed by atoms with Crippen LogP contribution in [0.5, 0.6) is 0 Å². The van der Waals surface area contributed by atoms with Gasteiger partial charge < -0.3 is 5.73 Å². The number of nitrogens with zero attached hydrogens (tertiary/aromatic N) is 1. The molecule has 4 heteroatoms. The van der Waals surface area contributed by atoms with Gasteiger partial charge in [-0.2, -0.15) is 0 Å². The summed E-state index contributed by atoms with van der Waals surface area (Å²) >= 11 is 0. The SMILES string of the molecule is Cc1ccc(S(=O)CCc2ccncc2)c(N)c1. The monoisotopic (exact) mass is 260 g/mol. The molecular weight excluding hydrogens is 244 g/mol. The molecule has 0 amide bonds. The van der Waals surface area contributed by atoms with Crippen LogP contribution in [-0.4, -0.2) is 14.9 Å². The van der Waals surface area contributed by atoms with E-state index in [4.69, 9.17) is 5.73 Å². The quantitative estimate of drug-likeness (QED) is 0.858. The van der Waals surface area contributed by atoms with Gasteiger partial charge in [-0.3, -0.25) is 9.19 Å². The van der Waals surface area contributed by atoms with Crippen LogP contribution in [0.1, 0.15) is 11.1 Å². The maximum Gasteiger partial charge on any atom is 0.0617 e. The van der Waals surface area contributed by atoms with Crippen LogP contribution >= 0.6 is 0 Å². The normalized spacial score (nSPS) is 12.3. The molecule has 0 radical (unpaired) electrons. The molecule has 0 aliphatic rings. The van der Waals surface area contributed by atoms with Gasteiger partial charge in [0.2, 0.25) is 0 Å². The molecule has 0 spiro atoms. The number of rotatable bonds is 4. The molecule has 3 nitrogen and oxygen atoms in total. The largest absolute Gasteiger partial charge is 0.398 e. The van der Waals surface area contributed by atoms with E-state index < -0.39 is 10.8 Å². The molecule has 2 rings (SSSR count). The minimum atomic E-state index is -1.05. The van der Waals surface area contributed by atoms with Crippen molar-refractivity contribution in [3.63, 3.8) is 0 Å². The van der Waals surface area contributed by atoms with Crippen LogP contribution in [0.3, 0.4) is 0 Å². The molecule has 1 atom stereocenters. The molecule has 18 heavy (non-hydrogen) atoms. The molecule has 0 fully saturated rings. The standard InChI is InChI=1S/C14H16N2OS/c1-11-2-3-14(13(15)10-11)18(17)9-6-12-4-7-16-8-5-12/h2-5,7-8,10H,6,9,15H2,1H3. The Bertz CT molecular complexity index is 555. The van der Waals surface area contributed by atoms with Crippen LogP contribution < -0.4 is 5.73 Å². The molecule has 0 saturated carbocycles. The molecule has 0 aliphatic carbocycles. The minimum absolute atomic E-state index is 0.581. The van der Waals surface area contributed by atoms with E-state index in [9.17, 15) is 4.21 Å². The first-order valence-electron chi connectivity index (χ1n) is 5.80. The van der Waals surface area contributed by atoms with Crippen molar-refractivity contribution in [1.82, 2.24) is 4.98 Å². The average molecular weight is 260 g/mol. The first kappa shape index (κ1) is 12.8. The summed E-state index contributed by atoms with van der Waals surface area (Å²) in [5.41, 5.74) is 8.73. The van der Waals surface area contributed by atoms with Gasteiger partial charge >= 0.3 is 0 Å². The van der Waals surface area contributed by atoms with Crippen LogP contribution in [0.2, 0.25) is 0 Å². The third-order valence-electron chi connectivity index (χ3n) is 2.74. The zero-order valence-electron chi connectivity index (χ0n) is 10.3. The molecule has 1 unspecified atom stereocenters. The van der Waals surface area contributed by atoms with Crippen molar-refractivity contribution in [3.8, 4) is 0 Å². The molecule has 94 valence electrons. The molecule has 1 aromatic carbocycles. The summed E-state index contributed by atoms with van der Waals surface area (Å²) in [6.45, 7) is 1.97. The molecule has 0 saturated heterocycles. The first-order chi connectivity index (χ1) is 8.66. The number of hydrogen-bond donors (Lipinski definition) is 1. The third kappa shape index (κ3) is 3.17. The van der Waals surface area contributed by atoms with Gasteiger partial charge in [0.05, 0.1) is 15.7 Å². The van der Waals surface area contributed by atoms with E-state index in [0.717, 1.165) is 22.4 Å². The third-order valence-corrected chi connectivity index (χ3v) is 4.17. The highest BCUT2D eigenvalue weighted by molar-refractivity contribution is 7.85. The van der Waals surface area contributed by atoms with Crippen LogP contribution in [0, 0.1) is 6.92 Å². The van der Waals surface area contributed by atoms with E-state index in [1.807, 2.05) is 37.3 Å². The summed E-state index contributed by atoms with van der Waals surface area (Å²) in [4.78, 5) is 4.69. The van der Waals surface area contributed by atoms with Crippen LogP contribution in [0.25, 0.3) is 0 Å². The predicted octanol–water partition coefficient (Wildman–Crippen LogP) is 2.32. The van der Waals surface area contributed by atoms with Gasteiger partial charge in [-0.15, -0.1) is 0 Å². The summed E-state index contributed by atoms with van der Waals surface area (Å²) in [5, 5.41) is 0. The van der Waals surface area contributed by atoms with Crippen molar-refractivity contribution in [2.24, 2.45) is 0 Å². The van der Waals surface area contributed by atoms with Gasteiger partial charge in [0.25, 0.3) is 0 Å². The number of benzene rings is 1. The Morgan fingerprint density at radius 3 is 2.61 bits per heavy atom. The van der Waals surface area contributed by atoms with Crippen LogP contribution in [0.15, 0.2) is 47.6 Å². The maximum absolute atomic E-state index is 12.2. The zero-order valence-corrected chi connectivity index (χ0v) is 11.1. The Morgan fingerprint density at radius 2 is 1.94 bits per heavy atom. The number of anilines is 1. The smallest absolute Gasteiger partial charge is 0.0617 e. The summed E-state index contributed by atoms with van der Waals surface area (Å²) in [6, 6.07) is 9.54. The summed E-state index contributed by atoms with van der Waals surface area (Å²) in [5.74, 6) is 0.581. The molecule has 2 aromatic rings. The highest BCUT2D eigenvalue weighted by Gasteiger charge is 2.08. The second-order valence-electron chi connectivity index (χ2n) is 4.20. The van der Waals surface area contributed by atoms with Crippen LogP contribution in [0.4, 0.5) is 5.69 Å². The van der Waals surface area contributed by atoms with Crippen molar-refractivity contribution in [3.05, 3.63) is 53.9 Å². The van der Waals surface area contributed by atoms with Crippen molar-refractivity contribution in [2.45, 2.75) is 18.2 Å². The zero-order chi connectivity index (χ0) is 13.0. The van der Waals surface area contributed by atoms with Crippen molar-refractivity contribution >= 4 is 16.5 Å².